The lowest BCUT2D eigenvalue weighted by molar-refractivity contribution is -0.136. The number of thiol groups is 1. The van der Waals surface area contributed by atoms with Gasteiger partial charge in [0.25, 0.3) is 11.8 Å². The molecule has 0 saturated carbocycles. The smallest absolute Gasteiger partial charge is 0.253 e. The van der Waals surface area contributed by atoms with Gasteiger partial charge in [0.15, 0.2) is 0 Å². The first-order valence-electron chi connectivity index (χ1n) is 8.90. The molecule has 0 saturated heterocycles. The van der Waals surface area contributed by atoms with Crippen molar-refractivity contribution >= 4 is 24.4 Å². The van der Waals surface area contributed by atoms with Crippen LogP contribution in [0.2, 0.25) is 0 Å². The quantitative estimate of drug-likeness (QED) is 0.289. The van der Waals surface area contributed by atoms with E-state index in [9.17, 15) is 9.59 Å². The van der Waals surface area contributed by atoms with E-state index in [0.717, 1.165) is 18.6 Å². The highest BCUT2D eigenvalue weighted by Gasteiger charge is 2.21. The summed E-state index contributed by atoms with van der Waals surface area (Å²) < 4.78 is 0. The lowest BCUT2D eigenvalue weighted by atomic mass is 10.1. The number of carbonyl (C=O) groups excluding carboxylic acids is 2. The van der Waals surface area contributed by atoms with E-state index in [0.29, 0.717) is 6.54 Å². The van der Waals surface area contributed by atoms with Crippen LogP contribution in [0, 0.1) is 0 Å². The van der Waals surface area contributed by atoms with Gasteiger partial charge in [-0.15, -0.1) is 0 Å². The maximum Gasteiger partial charge on any atom is 0.253 e. The third-order valence-electron chi connectivity index (χ3n) is 4.19. The summed E-state index contributed by atoms with van der Waals surface area (Å²) in [5, 5.41) is 0. The second-order valence-corrected chi connectivity index (χ2v) is 6.57. The highest BCUT2D eigenvalue weighted by atomic mass is 32.1. The van der Waals surface area contributed by atoms with E-state index >= 15 is 0 Å². The van der Waals surface area contributed by atoms with E-state index in [1.165, 1.54) is 81.3 Å². The Morgan fingerprint density at radius 3 is 1.41 bits per heavy atom. The number of carbonyl (C=O) groups is 2. The molecule has 0 aromatic rings. The molecule has 1 rings (SSSR count). The minimum absolute atomic E-state index is 0.153. The van der Waals surface area contributed by atoms with Gasteiger partial charge in [0.1, 0.15) is 0 Å². The minimum atomic E-state index is -0.153. The van der Waals surface area contributed by atoms with Crippen molar-refractivity contribution in [1.82, 2.24) is 4.90 Å². The summed E-state index contributed by atoms with van der Waals surface area (Å²) in [7, 11) is 0. The van der Waals surface area contributed by atoms with Crippen molar-refractivity contribution in [3.8, 4) is 0 Å². The van der Waals surface area contributed by atoms with Crippen molar-refractivity contribution in [3.05, 3.63) is 12.2 Å². The molecule has 0 aromatic heterocycles. The van der Waals surface area contributed by atoms with Gasteiger partial charge >= 0.3 is 0 Å². The Morgan fingerprint density at radius 1 is 0.636 bits per heavy atom. The van der Waals surface area contributed by atoms with Crippen LogP contribution < -0.4 is 0 Å². The third kappa shape index (κ3) is 8.62. The molecule has 0 fully saturated rings. The average Bonchev–Trinajstić information content (AvgIpc) is 2.83. The molecule has 0 unspecified atom stereocenters. The van der Waals surface area contributed by atoms with Crippen molar-refractivity contribution in [3.63, 3.8) is 0 Å². The monoisotopic (exact) mass is 325 g/mol. The second kappa shape index (κ2) is 12.7. The predicted octanol–water partition coefficient (Wildman–Crippen LogP) is 4.52. The minimum Gasteiger partial charge on any atom is -0.275 e. The van der Waals surface area contributed by atoms with Crippen LogP contribution in [0.4, 0.5) is 0 Å². The molecule has 1 aliphatic heterocycles. The summed E-state index contributed by atoms with van der Waals surface area (Å²) in [4.78, 5) is 24.0. The first-order chi connectivity index (χ1) is 10.8. The lowest BCUT2D eigenvalue weighted by Gasteiger charge is -2.12. The van der Waals surface area contributed by atoms with Gasteiger partial charge in [-0.25, -0.2) is 0 Å². The highest BCUT2D eigenvalue weighted by Crippen LogP contribution is 2.13. The third-order valence-corrected chi connectivity index (χ3v) is 4.51. The van der Waals surface area contributed by atoms with E-state index in [2.05, 4.69) is 12.6 Å². The normalized spacial score (nSPS) is 14.3. The van der Waals surface area contributed by atoms with Crippen LogP contribution in [0.25, 0.3) is 0 Å². The summed E-state index contributed by atoms with van der Waals surface area (Å²) >= 11 is 4.22. The SMILES string of the molecule is O=C1C=CC(=O)N1CCCCCCCCCCCCCCS. The van der Waals surface area contributed by atoms with Gasteiger partial charge in [-0.2, -0.15) is 12.6 Å². The standard InChI is InChI=1S/C18H31NO2S/c20-17-13-14-18(21)19(17)15-11-9-7-5-3-1-2-4-6-8-10-12-16-22/h13-14,22H,1-12,15-16H2. The van der Waals surface area contributed by atoms with Crippen LogP contribution in [-0.2, 0) is 9.59 Å². The van der Waals surface area contributed by atoms with E-state index in [1.54, 1.807) is 0 Å². The Hall–Kier alpha value is -0.770. The lowest BCUT2D eigenvalue weighted by Crippen LogP contribution is -2.30. The molecule has 1 aliphatic rings. The number of amides is 2. The number of nitrogens with zero attached hydrogens (tertiary/aromatic N) is 1. The van der Waals surface area contributed by atoms with Crippen LogP contribution in [-0.4, -0.2) is 29.0 Å². The highest BCUT2D eigenvalue weighted by molar-refractivity contribution is 7.80. The zero-order valence-electron chi connectivity index (χ0n) is 13.8. The fourth-order valence-electron chi connectivity index (χ4n) is 2.80. The van der Waals surface area contributed by atoms with Crippen LogP contribution in [0.15, 0.2) is 12.2 Å². The maximum absolute atomic E-state index is 11.3. The van der Waals surface area contributed by atoms with Crippen LogP contribution in [0.5, 0.6) is 0 Å². The molecule has 0 bridgehead atoms. The fraction of sp³-hybridized carbons (Fsp3) is 0.778. The number of hydrogen-bond acceptors (Lipinski definition) is 3. The largest absolute Gasteiger partial charge is 0.275 e. The van der Waals surface area contributed by atoms with E-state index in [-0.39, 0.29) is 11.8 Å². The van der Waals surface area contributed by atoms with Crippen molar-refractivity contribution in [1.29, 1.82) is 0 Å². The molecular formula is C18H31NO2S. The Labute approximate surface area is 140 Å². The number of imide groups is 1. The zero-order chi connectivity index (χ0) is 16.0. The predicted molar refractivity (Wildman–Crippen MR) is 95.1 cm³/mol. The molecule has 0 spiro atoms. The Kier molecular flexibility index (Phi) is 11.2. The van der Waals surface area contributed by atoms with E-state index < -0.39 is 0 Å². The first-order valence-corrected chi connectivity index (χ1v) is 9.53. The molecule has 0 aromatic carbocycles. The molecule has 126 valence electrons. The van der Waals surface area contributed by atoms with Gasteiger partial charge in [-0.1, -0.05) is 64.2 Å². The van der Waals surface area contributed by atoms with Crippen LogP contribution >= 0.6 is 12.6 Å². The Balaban J connectivity index is 1.79. The van der Waals surface area contributed by atoms with E-state index in [1.807, 2.05) is 0 Å². The summed E-state index contributed by atoms with van der Waals surface area (Å²) in [6.45, 7) is 0.580. The average molecular weight is 326 g/mol. The first kappa shape index (κ1) is 19.3. The second-order valence-electron chi connectivity index (χ2n) is 6.13. The topological polar surface area (TPSA) is 37.4 Å². The van der Waals surface area contributed by atoms with Gasteiger partial charge in [-0.3, -0.25) is 14.5 Å². The maximum atomic E-state index is 11.3. The molecule has 4 heteroatoms. The summed E-state index contributed by atoms with van der Waals surface area (Å²) in [6, 6.07) is 0. The molecule has 2 amide bonds. The molecule has 0 aliphatic carbocycles. The van der Waals surface area contributed by atoms with Crippen molar-refractivity contribution < 1.29 is 9.59 Å². The van der Waals surface area contributed by atoms with Crippen molar-refractivity contribution in [2.45, 2.75) is 77.0 Å². The Morgan fingerprint density at radius 2 is 1.00 bits per heavy atom. The Bertz CT molecular complexity index is 337. The summed E-state index contributed by atoms with van der Waals surface area (Å²) in [6.07, 6.45) is 18.0. The summed E-state index contributed by atoms with van der Waals surface area (Å²) in [5.74, 6) is 0.718. The van der Waals surface area contributed by atoms with Gasteiger partial charge in [0, 0.05) is 18.7 Å². The zero-order valence-corrected chi connectivity index (χ0v) is 14.7. The van der Waals surface area contributed by atoms with Crippen LogP contribution in [0.1, 0.15) is 77.0 Å². The number of unbranched alkanes of at least 4 members (excludes halogenated alkanes) is 11. The molecule has 1 heterocycles. The van der Waals surface area contributed by atoms with Crippen molar-refractivity contribution in [2.24, 2.45) is 0 Å². The number of hydrogen-bond donors (Lipinski definition) is 1. The fourth-order valence-corrected chi connectivity index (χ4v) is 3.02. The van der Waals surface area contributed by atoms with Crippen LogP contribution in [0.3, 0.4) is 0 Å². The molecule has 0 N–H and O–H groups in total. The van der Waals surface area contributed by atoms with Gasteiger partial charge < -0.3 is 0 Å². The number of rotatable bonds is 14. The van der Waals surface area contributed by atoms with Gasteiger partial charge in [0.2, 0.25) is 0 Å². The van der Waals surface area contributed by atoms with Gasteiger partial charge in [0.05, 0.1) is 0 Å². The molecule has 0 atom stereocenters. The summed E-state index contributed by atoms with van der Waals surface area (Å²) in [5.41, 5.74) is 0. The van der Waals surface area contributed by atoms with Crippen molar-refractivity contribution in [2.75, 3.05) is 12.3 Å². The molecule has 0 radical (unpaired) electrons. The molecule has 3 nitrogen and oxygen atoms in total. The molecule has 22 heavy (non-hydrogen) atoms. The van der Waals surface area contributed by atoms with Gasteiger partial charge in [-0.05, 0) is 18.6 Å². The molecular weight excluding hydrogens is 294 g/mol. The van der Waals surface area contributed by atoms with E-state index in [4.69, 9.17) is 0 Å².